The highest BCUT2D eigenvalue weighted by atomic mass is 16.5. The van der Waals surface area contributed by atoms with Gasteiger partial charge in [0.25, 0.3) is 0 Å². The van der Waals surface area contributed by atoms with Crippen LogP contribution in [0.1, 0.15) is 12.8 Å². The molecule has 1 N–H and O–H groups in total. The Morgan fingerprint density at radius 3 is 2.47 bits per heavy atom. The molecule has 0 saturated carbocycles. The molecule has 2 aliphatic heterocycles. The van der Waals surface area contributed by atoms with Crippen molar-refractivity contribution < 1.29 is 14.3 Å². The number of carbonyl (C=O) groups excluding carboxylic acids is 1. The summed E-state index contributed by atoms with van der Waals surface area (Å²) in [4.78, 5) is 13.7. The zero-order valence-electron chi connectivity index (χ0n) is 10.3. The molecule has 0 aromatic heterocycles. The van der Waals surface area contributed by atoms with Gasteiger partial charge in [-0.25, -0.2) is 0 Å². The van der Waals surface area contributed by atoms with Gasteiger partial charge in [0.2, 0.25) is 5.91 Å². The third-order valence-corrected chi connectivity index (χ3v) is 3.41. The molecule has 2 saturated heterocycles. The number of nitrogens with zero attached hydrogens (tertiary/aromatic N) is 1. The van der Waals surface area contributed by atoms with Crippen LogP contribution in [0.15, 0.2) is 0 Å². The second kappa shape index (κ2) is 6.93. The van der Waals surface area contributed by atoms with E-state index in [1.54, 1.807) is 0 Å². The summed E-state index contributed by atoms with van der Waals surface area (Å²) < 4.78 is 10.5. The van der Waals surface area contributed by atoms with E-state index in [1.165, 1.54) is 0 Å². The maximum Gasteiger partial charge on any atom is 0.236 e. The molecular weight excluding hydrogens is 220 g/mol. The summed E-state index contributed by atoms with van der Waals surface area (Å²) in [7, 11) is 0. The molecule has 0 radical (unpaired) electrons. The zero-order chi connectivity index (χ0) is 11.9. The molecule has 2 rings (SSSR count). The Bertz CT molecular complexity index is 236. The van der Waals surface area contributed by atoms with Gasteiger partial charge in [0.05, 0.1) is 19.8 Å². The first-order valence-electron chi connectivity index (χ1n) is 6.50. The second-order valence-corrected chi connectivity index (χ2v) is 4.68. The smallest absolute Gasteiger partial charge is 0.236 e. The summed E-state index contributed by atoms with van der Waals surface area (Å²) in [5, 5.41) is 3.26. The van der Waals surface area contributed by atoms with E-state index >= 15 is 0 Å². The van der Waals surface area contributed by atoms with Crippen molar-refractivity contribution in [2.45, 2.75) is 12.8 Å². The Labute approximate surface area is 102 Å². The predicted molar refractivity (Wildman–Crippen MR) is 63.8 cm³/mol. The van der Waals surface area contributed by atoms with Gasteiger partial charge in [-0.1, -0.05) is 0 Å². The highest BCUT2D eigenvalue weighted by Gasteiger charge is 2.17. The summed E-state index contributed by atoms with van der Waals surface area (Å²) in [5.41, 5.74) is 0. The standard InChI is InChI=1S/C12H22N2O3/c15-12(14-3-7-17-8-4-14)10-13-9-11-1-5-16-6-2-11/h11,13H,1-10H2. The van der Waals surface area contributed by atoms with E-state index in [2.05, 4.69) is 5.32 Å². The van der Waals surface area contributed by atoms with Crippen LogP contribution in [0.25, 0.3) is 0 Å². The van der Waals surface area contributed by atoms with Gasteiger partial charge in [0, 0.05) is 26.3 Å². The fraction of sp³-hybridized carbons (Fsp3) is 0.917. The van der Waals surface area contributed by atoms with E-state index in [-0.39, 0.29) is 5.91 Å². The van der Waals surface area contributed by atoms with Gasteiger partial charge < -0.3 is 19.7 Å². The molecule has 2 aliphatic rings. The fourth-order valence-electron chi connectivity index (χ4n) is 2.26. The summed E-state index contributed by atoms with van der Waals surface area (Å²) in [6.45, 7) is 5.93. The molecule has 2 heterocycles. The minimum absolute atomic E-state index is 0.195. The van der Waals surface area contributed by atoms with Gasteiger partial charge in [-0.15, -0.1) is 0 Å². The van der Waals surface area contributed by atoms with Crippen molar-refractivity contribution in [3.63, 3.8) is 0 Å². The molecule has 2 fully saturated rings. The number of amides is 1. The van der Waals surface area contributed by atoms with Crippen molar-refractivity contribution in [1.29, 1.82) is 0 Å². The van der Waals surface area contributed by atoms with E-state index in [9.17, 15) is 4.79 Å². The lowest BCUT2D eigenvalue weighted by Gasteiger charge is -2.27. The summed E-state index contributed by atoms with van der Waals surface area (Å²) in [6, 6.07) is 0. The van der Waals surface area contributed by atoms with Gasteiger partial charge in [0.15, 0.2) is 0 Å². The van der Waals surface area contributed by atoms with Gasteiger partial charge in [-0.05, 0) is 25.3 Å². The molecule has 98 valence electrons. The van der Waals surface area contributed by atoms with Crippen molar-refractivity contribution in [2.75, 3.05) is 52.6 Å². The second-order valence-electron chi connectivity index (χ2n) is 4.68. The molecule has 5 nitrogen and oxygen atoms in total. The quantitative estimate of drug-likeness (QED) is 0.745. The molecular formula is C12H22N2O3. The maximum absolute atomic E-state index is 11.8. The van der Waals surface area contributed by atoms with Crippen molar-refractivity contribution in [3.8, 4) is 0 Å². The minimum Gasteiger partial charge on any atom is -0.381 e. The predicted octanol–water partition coefficient (Wildman–Crippen LogP) is -0.139. The van der Waals surface area contributed by atoms with Crippen molar-refractivity contribution in [3.05, 3.63) is 0 Å². The maximum atomic E-state index is 11.8. The van der Waals surface area contributed by atoms with E-state index in [4.69, 9.17) is 9.47 Å². The van der Waals surface area contributed by atoms with Crippen LogP contribution in [0, 0.1) is 5.92 Å². The molecule has 0 bridgehead atoms. The van der Waals surface area contributed by atoms with Gasteiger partial charge in [-0.2, -0.15) is 0 Å². The first kappa shape index (κ1) is 12.8. The van der Waals surface area contributed by atoms with E-state index in [0.717, 1.165) is 45.7 Å². The number of morpholine rings is 1. The van der Waals surface area contributed by atoms with Crippen molar-refractivity contribution >= 4 is 5.91 Å². The zero-order valence-corrected chi connectivity index (χ0v) is 10.3. The summed E-state index contributed by atoms with van der Waals surface area (Å²) in [5.74, 6) is 0.863. The third kappa shape index (κ3) is 4.26. The molecule has 0 aliphatic carbocycles. The number of rotatable bonds is 4. The van der Waals surface area contributed by atoms with Gasteiger partial charge in [-0.3, -0.25) is 4.79 Å². The lowest BCUT2D eigenvalue weighted by Crippen LogP contribution is -2.45. The summed E-state index contributed by atoms with van der Waals surface area (Å²) in [6.07, 6.45) is 2.22. The van der Waals surface area contributed by atoms with Crippen LogP contribution in [0.5, 0.6) is 0 Å². The number of carbonyl (C=O) groups is 1. The molecule has 0 atom stereocenters. The van der Waals surface area contributed by atoms with Crippen molar-refractivity contribution in [1.82, 2.24) is 10.2 Å². The Kier molecular flexibility index (Phi) is 5.22. The van der Waals surface area contributed by atoms with Crippen LogP contribution in [0.4, 0.5) is 0 Å². The lowest BCUT2D eigenvalue weighted by atomic mass is 10.0. The monoisotopic (exact) mass is 242 g/mol. The topological polar surface area (TPSA) is 50.8 Å². The Hall–Kier alpha value is -0.650. The Morgan fingerprint density at radius 1 is 1.12 bits per heavy atom. The normalized spacial score (nSPS) is 22.7. The highest BCUT2D eigenvalue weighted by molar-refractivity contribution is 5.78. The number of nitrogens with one attached hydrogen (secondary N) is 1. The van der Waals surface area contributed by atoms with Crippen LogP contribution in [0.3, 0.4) is 0 Å². The first-order chi connectivity index (χ1) is 8.36. The SMILES string of the molecule is O=C(CNCC1CCOCC1)N1CCOCC1. The molecule has 1 amide bonds. The largest absolute Gasteiger partial charge is 0.381 e. The van der Waals surface area contributed by atoms with E-state index in [0.29, 0.717) is 25.7 Å². The highest BCUT2D eigenvalue weighted by Crippen LogP contribution is 2.12. The van der Waals surface area contributed by atoms with Crippen LogP contribution in [-0.2, 0) is 14.3 Å². The van der Waals surface area contributed by atoms with Crippen LogP contribution >= 0.6 is 0 Å². The average molecular weight is 242 g/mol. The van der Waals surface area contributed by atoms with Crippen LogP contribution < -0.4 is 5.32 Å². The lowest BCUT2D eigenvalue weighted by molar-refractivity contribution is -0.134. The van der Waals surface area contributed by atoms with E-state index in [1.807, 2.05) is 4.90 Å². The average Bonchev–Trinajstić information content (AvgIpc) is 2.41. The van der Waals surface area contributed by atoms with Crippen LogP contribution in [-0.4, -0.2) is 63.4 Å². The molecule has 17 heavy (non-hydrogen) atoms. The molecule has 5 heteroatoms. The third-order valence-electron chi connectivity index (χ3n) is 3.41. The fourth-order valence-corrected chi connectivity index (χ4v) is 2.26. The Balaban J connectivity index is 1.58. The molecule has 0 aromatic rings. The van der Waals surface area contributed by atoms with Gasteiger partial charge >= 0.3 is 0 Å². The number of hydrogen-bond acceptors (Lipinski definition) is 4. The number of hydrogen-bond donors (Lipinski definition) is 1. The van der Waals surface area contributed by atoms with Gasteiger partial charge in [0.1, 0.15) is 0 Å². The molecule has 0 aromatic carbocycles. The number of ether oxygens (including phenoxy) is 2. The van der Waals surface area contributed by atoms with Crippen LogP contribution in [0.2, 0.25) is 0 Å². The molecule has 0 spiro atoms. The van der Waals surface area contributed by atoms with E-state index < -0.39 is 0 Å². The molecule has 0 unspecified atom stereocenters. The minimum atomic E-state index is 0.195. The Morgan fingerprint density at radius 2 is 1.76 bits per heavy atom. The first-order valence-corrected chi connectivity index (χ1v) is 6.50. The summed E-state index contributed by atoms with van der Waals surface area (Å²) >= 11 is 0. The van der Waals surface area contributed by atoms with Crippen molar-refractivity contribution in [2.24, 2.45) is 5.92 Å².